The normalized spacial score (nSPS) is 26.4. The fourth-order valence-electron chi connectivity index (χ4n) is 2.52. The molecule has 1 aliphatic rings. The molecule has 0 heterocycles. The topological polar surface area (TPSA) is 41.7 Å². The molecule has 0 saturated carbocycles. The zero-order chi connectivity index (χ0) is 14.8. The zero-order valence-corrected chi connectivity index (χ0v) is 11.6. The summed E-state index contributed by atoms with van der Waals surface area (Å²) >= 11 is 0. The van der Waals surface area contributed by atoms with Crippen LogP contribution in [0.3, 0.4) is 0 Å². The van der Waals surface area contributed by atoms with Gasteiger partial charge in [-0.3, -0.25) is 0 Å². The number of hydrogen-bond donors (Lipinski definition) is 1. The van der Waals surface area contributed by atoms with Crippen molar-refractivity contribution < 1.29 is 9.90 Å². The molecule has 0 aromatic heterocycles. The molecule has 0 spiro atoms. The lowest BCUT2D eigenvalue weighted by Crippen LogP contribution is -2.27. The lowest BCUT2D eigenvalue weighted by atomic mass is 9.74. The Morgan fingerprint density at radius 2 is 2.05 bits per heavy atom. The van der Waals surface area contributed by atoms with Gasteiger partial charge in [0.25, 0.3) is 0 Å². The predicted molar refractivity (Wildman–Crippen MR) is 78.7 cm³/mol. The van der Waals surface area contributed by atoms with Crippen molar-refractivity contribution in [3.63, 3.8) is 0 Å². The highest BCUT2D eigenvalue weighted by molar-refractivity contribution is 5.99. The summed E-state index contributed by atoms with van der Waals surface area (Å²) in [6, 6.07) is 6.92. The van der Waals surface area contributed by atoms with Crippen molar-refractivity contribution in [2.45, 2.75) is 20.3 Å². The van der Waals surface area contributed by atoms with Crippen molar-refractivity contribution in [2.75, 3.05) is 0 Å². The average Bonchev–Trinajstić information content (AvgIpc) is 2.42. The Balaban J connectivity index is 2.27. The number of carbonyl (C=O) groups is 1. The lowest BCUT2D eigenvalue weighted by molar-refractivity contribution is -0.119. The van der Waals surface area contributed by atoms with Gasteiger partial charge in [0.2, 0.25) is 5.70 Å². The van der Waals surface area contributed by atoms with E-state index < -0.39 is 0 Å². The van der Waals surface area contributed by atoms with E-state index in [0.29, 0.717) is 6.42 Å². The highest BCUT2D eigenvalue weighted by Gasteiger charge is 2.33. The van der Waals surface area contributed by atoms with Crippen molar-refractivity contribution in [1.29, 1.82) is 0 Å². The molecule has 1 N–H and O–H groups in total. The van der Waals surface area contributed by atoms with Gasteiger partial charge in [-0.25, -0.2) is 4.85 Å². The molecular weight excluding hydrogens is 250 g/mol. The second-order valence-corrected chi connectivity index (χ2v) is 5.54. The van der Waals surface area contributed by atoms with E-state index in [1.807, 2.05) is 38.1 Å². The van der Waals surface area contributed by atoms with Gasteiger partial charge >= 0.3 is 0 Å². The van der Waals surface area contributed by atoms with Crippen LogP contribution in [0.4, 0.5) is 0 Å². The maximum absolute atomic E-state index is 11.8. The Kier molecular flexibility index (Phi) is 3.76. The van der Waals surface area contributed by atoms with Gasteiger partial charge in [-0.2, -0.15) is 0 Å². The lowest BCUT2D eigenvalue weighted by Gasteiger charge is -2.30. The number of phenols is 1. The molecule has 0 saturated heterocycles. The first-order valence-corrected chi connectivity index (χ1v) is 6.56. The SMILES string of the molecule is [C-]#[N+]C1=C[C@](C)(/C=C/c2ccc(O)cc2)CC(C)C1=O. The van der Waals surface area contributed by atoms with E-state index in [1.54, 1.807) is 18.2 Å². The number of aromatic hydroxyl groups is 1. The summed E-state index contributed by atoms with van der Waals surface area (Å²) in [6.07, 6.45) is 6.45. The monoisotopic (exact) mass is 267 g/mol. The fourth-order valence-corrected chi connectivity index (χ4v) is 2.52. The van der Waals surface area contributed by atoms with Crippen molar-refractivity contribution in [2.24, 2.45) is 11.3 Å². The van der Waals surface area contributed by atoms with Gasteiger partial charge in [-0.15, -0.1) is 0 Å². The van der Waals surface area contributed by atoms with E-state index in [9.17, 15) is 9.90 Å². The molecule has 1 unspecified atom stereocenters. The number of carbonyl (C=O) groups excluding carboxylic acids is 1. The van der Waals surface area contributed by atoms with Crippen LogP contribution in [0.5, 0.6) is 5.75 Å². The molecule has 2 atom stereocenters. The smallest absolute Gasteiger partial charge is 0.226 e. The second kappa shape index (κ2) is 5.34. The third-order valence-corrected chi connectivity index (χ3v) is 3.58. The summed E-state index contributed by atoms with van der Waals surface area (Å²) in [5.74, 6) is 0.0505. The summed E-state index contributed by atoms with van der Waals surface area (Å²) < 4.78 is 0. The number of rotatable bonds is 2. The third-order valence-electron chi connectivity index (χ3n) is 3.58. The molecule has 0 amide bonds. The van der Waals surface area contributed by atoms with Crippen LogP contribution in [-0.2, 0) is 4.79 Å². The Bertz CT molecular complexity index is 619. The van der Waals surface area contributed by atoms with Gasteiger partial charge in [-0.1, -0.05) is 44.2 Å². The number of nitrogens with zero attached hydrogens (tertiary/aromatic N) is 1. The summed E-state index contributed by atoms with van der Waals surface area (Å²) in [7, 11) is 0. The number of phenolic OH excluding ortho intramolecular Hbond substituents is 1. The van der Waals surface area contributed by atoms with Gasteiger partial charge in [0.05, 0.1) is 6.57 Å². The third kappa shape index (κ3) is 2.97. The number of allylic oxidation sites excluding steroid dienone is 3. The molecule has 0 bridgehead atoms. The first kappa shape index (κ1) is 14.1. The van der Waals surface area contributed by atoms with Crippen molar-refractivity contribution in [1.82, 2.24) is 0 Å². The summed E-state index contributed by atoms with van der Waals surface area (Å²) in [6.45, 7) is 11.0. The van der Waals surface area contributed by atoms with E-state index in [0.717, 1.165) is 5.56 Å². The predicted octanol–water partition coefficient (Wildman–Crippen LogP) is 3.82. The molecule has 0 aliphatic heterocycles. The quantitative estimate of drug-likeness (QED) is 0.827. The maximum atomic E-state index is 11.8. The Hall–Kier alpha value is -2.34. The van der Waals surface area contributed by atoms with Crippen molar-refractivity contribution in [3.8, 4) is 5.75 Å². The molecule has 1 aliphatic carbocycles. The molecule has 0 fully saturated rings. The standard InChI is InChI=1S/C17H17NO2/c1-12-10-17(2,11-15(18-3)16(12)20)9-8-13-4-6-14(19)7-5-13/h4-9,11-12,19H,10H2,1-2H3/b9-8+/t12?,17-/m1/s1. The molecular formula is C17H17NO2. The van der Waals surface area contributed by atoms with E-state index in [4.69, 9.17) is 6.57 Å². The first-order valence-electron chi connectivity index (χ1n) is 6.56. The van der Waals surface area contributed by atoms with Crippen molar-refractivity contribution >= 4 is 11.9 Å². The minimum atomic E-state index is -0.287. The van der Waals surface area contributed by atoms with Crippen LogP contribution < -0.4 is 0 Å². The van der Waals surface area contributed by atoms with E-state index in [-0.39, 0.29) is 28.6 Å². The van der Waals surface area contributed by atoms with Gasteiger partial charge in [0, 0.05) is 5.92 Å². The minimum Gasteiger partial charge on any atom is -0.508 e. The maximum Gasteiger partial charge on any atom is 0.226 e. The van der Waals surface area contributed by atoms with Crippen LogP contribution >= 0.6 is 0 Å². The molecule has 20 heavy (non-hydrogen) atoms. The Morgan fingerprint density at radius 3 is 2.65 bits per heavy atom. The van der Waals surface area contributed by atoms with Crippen LogP contribution in [0.25, 0.3) is 10.9 Å². The molecule has 2 rings (SSSR count). The molecule has 3 nitrogen and oxygen atoms in total. The van der Waals surface area contributed by atoms with E-state index in [1.165, 1.54) is 0 Å². The van der Waals surface area contributed by atoms with Crippen LogP contribution in [0.2, 0.25) is 0 Å². The average molecular weight is 267 g/mol. The molecule has 1 aromatic rings. The second-order valence-electron chi connectivity index (χ2n) is 5.54. The fraction of sp³-hybridized carbons (Fsp3) is 0.294. The van der Waals surface area contributed by atoms with E-state index >= 15 is 0 Å². The largest absolute Gasteiger partial charge is 0.508 e. The van der Waals surface area contributed by atoms with Crippen LogP contribution in [0.15, 0.2) is 42.1 Å². The first-order chi connectivity index (χ1) is 9.43. The highest BCUT2D eigenvalue weighted by Crippen LogP contribution is 2.37. The molecule has 102 valence electrons. The summed E-state index contributed by atoms with van der Waals surface area (Å²) in [5, 5.41) is 9.25. The summed E-state index contributed by atoms with van der Waals surface area (Å²) in [4.78, 5) is 15.2. The van der Waals surface area contributed by atoms with Gasteiger partial charge in [0.1, 0.15) is 5.75 Å². The summed E-state index contributed by atoms with van der Waals surface area (Å²) in [5.41, 5.74) is 0.929. The van der Waals surface area contributed by atoms with Gasteiger partial charge in [0.15, 0.2) is 5.78 Å². The Morgan fingerprint density at radius 1 is 1.40 bits per heavy atom. The minimum absolute atomic E-state index is 0.0597. The number of ketones is 1. The molecule has 0 radical (unpaired) electrons. The zero-order valence-electron chi connectivity index (χ0n) is 11.6. The van der Waals surface area contributed by atoms with Crippen molar-refractivity contribution in [3.05, 3.63) is 59.1 Å². The Labute approximate surface area is 119 Å². The van der Waals surface area contributed by atoms with Crippen LogP contribution in [-0.4, -0.2) is 10.9 Å². The highest BCUT2D eigenvalue weighted by atomic mass is 16.3. The van der Waals surface area contributed by atoms with Crippen LogP contribution in [0, 0.1) is 17.9 Å². The molecule has 3 heteroatoms. The van der Waals surface area contributed by atoms with Crippen LogP contribution in [0.1, 0.15) is 25.8 Å². The van der Waals surface area contributed by atoms with Gasteiger partial charge in [-0.05, 0) is 29.5 Å². The number of Topliss-reactive ketones (excluding diaryl/α,β-unsaturated/α-hetero) is 1. The molecule has 1 aromatic carbocycles. The van der Waals surface area contributed by atoms with E-state index in [2.05, 4.69) is 4.85 Å². The number of benzene rings is 1. The van der Waals surface area contributed by atoms with Gasteiger partial charge < -0.3 is 9.90 Å². The number of hydrogen-bond acceptors (Lipinski definition) is 2.